The minimum absolute atomic E-state index is 0.797. The molecular formula is C11H17N5. The molecule has 2 heterocycles. The first-order chi connectivity index (χ1) is 7.70. The number of H-pyrrole nitrogens is 1. The molecule has 86 valence electrons. The summed E-state index contributed by atoms with van der Waals surface area (Å²) in [6.45, 7) is 7.77. The van der Waals surface area contributed by atoms with Crippen LogP contribution in [0.3, 0.4) is 0 Å². The molecule has 0 saturated heterocycles. The predicted molar refractivity (Wildman–Crippen MR) is 63.6 cm³/mol. The number of rotatable bonds is 4. The summed E-state index contributed by atoms with van der Waals surface area (Å²) in [5.74, 6) is 0.917. The fraction of sp³-hybridized carbons (Fsp3) is 0.455. The average Bonchev–Trinajstić information content (AvgIpc) is 2.77. The molecule has 5 heteroatoms. The van der Waals surface area contributed by atoms with Crippen molar-refractivity contribution in [2.75, 3.05) is 11.9 Å². The van der Waals surface area contributed by atoms with E-state index in [1.165, 1.54) is 5.56 Å². The molecule has 0 radical (unpaired) electrons. The minimum Gasteiger partial charge on any atom is -0.356 e. The Morgan fingerprint density at radius 1 is 1.44 bits per heavy atom. The Labute approximate surface area is 94.9 Å². The molecule has 2 aromatic rings. The third-order valence-corrected chi connectivity index (χ3v) is 2.51. The highest BCUT2D eigenvalue weighted by Crippen LogP contribution is 2.12. The van der Waals surface area contributed by atoms with Gasteiger partial charge in [-0.3, -0.25) is 5.10 Å². The van der Waals surface area contributed by atoms with E-state index in [-0.39, 0.29) is 0 Å². The standard InChI is InChI=1S/C11H17N5/c1-4-12-11-14-8(2)6-16(11)7-10-5-13-15-9(10)3/h5-6H,4,7H2,1-3H3,(H,12,14)(H,13,15). The zero-order chi connectivity index (χ0) is 11.5. The van der Waals surface area contributed by atoms with Crippen molar-refractivity contribution in [1.82, 2.24) is 19.7 Å². The second-order valence-electron chi connectivity index (χ2n) is 3.88. The number of hydrogen-bond donors (Lipinski definition) is 2. The first-order valence-electron chi connectivity index (χ1n) is 5.47. The molecule has 2 aromatic heterocycles. The van der Waals surface area contributed by atoms with Gasteiger partial charge in [-0.2, -0.15) is 5.10 Å². The van der Waals surface area contributed by atoms with Gasteiger partial charge in [0.1, 0.15) is 0 Å². The molecule has 0 atom stereocenters. The van der Waals surface area contributed by atoms with Crippen LogP contribution in [0.5, 0.6) is 0 Å². The lowest BCUT2D eigenvalue weighted by Gasteiger charge is -2.07. The summed E-state index contributed by atoms with van der Waals surface area (Å²) in [4.78, 5) is 4.43. The highest BCUT2D eigenvalue weighted by atomic mass is 15.2. The van der Waals surface area contributed by atoms with Crippen LogP contribution in [0.2, 0.25) is 0 Å². The summed E-state index contributed by atoms with van der Waals surface area (Å²) in [5, 5.41) is 10.2. The molecule has 0 aliphatic heterocycles. The molecule has 0 aliphatic carbocycles. The van der Waals surface area contributed by atoms with Crippen molar-refractivity contribution >= 4 is 5.95 Å². The molecule has 2 rings (SSSR count). The Morgan fingerprint density at radius 2 is 2.25 bits per heavy atom. The zero-order valence-corrected chi connectivity index (χ0v) is 9.91. The van der Waals surface area contributed by atoms with Crippen LogP contribution in [0, 0.1) is 13.8 Å². The average molecular weight is 219 g/mol. The molecule has 16 heavy (non-hydrogen) atoms. The molecule has 0 bridgehead atoms. The Balaban J connectivity index is 2.23. The molecule has 0 fully saturated rings. The van der Waals surface area contributed by atoms with Crippen LogP contribution in [-0.2, 0) is 6.54 Å². The number of nitrogens with one attached hydrogen (secondary N) is 2. The van der Waals surface area contributed by atoms with Crippen LogP contribution in [0.25, 0.3) is 0 Å². The van der Waals surface area contributed by atoms with Gasteiger partial charge in [0.25, 0.3) is 0 Å². The van der Waals surface area contributed by atoms with Gasteiger partial charge in [-0.25, -0.2) is 4.98 Å². The van der Waals surface area contributed by atoms with E-state index >= 15 is 0 Å². The lowest BCUT2D eigenvalue weighted by molar-refractivity contribution is 0.794. The summed E-state index contributed by atoms with van der Waals surface area (Å²) >= 11 is 0. The van der Waals surface area contributed by atoms with Crippen LogP contribution in [0.1, 0.15) is 23.9 Å². The van der Waals surface area contributed by atoms with Crippen molar-refractivity contribution < 1.29 is 0 Å². The van der Waals surface area contributed by atoms with Gasteiger partial charge in [0, 0.05) is 24.0 Å². The summed E-state index contributed by atoms with van der Waals surface area (Å²) in [6, 6.07) is 0. The minimum atomic E-state index is 0.797. The van der Waals surface area contributed by atoms with Crippen LogP contribution < -0.4 is 5.32 Å². The molecule has 0 aliphatic rings. The Hall–Kier alpha value is -1.78. The highest BCUT2D eigenvalue weighted by molar-refractivity contribution is 5.30. The third-order valence-electron chi connectivity index (χ3n) is 2.51. The Kier molecular flexibility index (Phi) is 2.94. The maximum Gasteiger partial charge on any atom is 0.203 e. The van der Waals surface area contributed by atoms with E-state index in [9.17, 15) is 0 Å². The lowest BCUT2D eigenvalue weighted by Crippen LogP contribution is -2.07. The number of nitrogens with zero attached hydrogens (tertiary/aromatic N) is 3. The largest absolute Gasteiger partial charge is 0.356 e. The lowest BCUT2D eigenvalue weighted by atomic mass is 10.2. The summed E-state index contributed by atoms with van der Waals surface area (Å²) < 4.78 is 2.11. The van der Waals surface area contributed by atoms with E-state index in [0.717, 1.165) is 30.4 Å². The fourth-order valence-corrected chi connectivity index (χ4v) is 1.69. The quantitative estimate of drug-likeness (QED) is 0.823. The number of imidazole rings is 1. The predicted octanol–water partition coefficient (Wildman–Crippen LogP) is 1.70. The maximum atomic E-state index is 4.43. The summed E-state index contributed by atoms with van der Waals surface area (Å²) in [6.07, 6.45) is 3.91. The van der Waals surface area contributed by atoms with Crippen molar-refractivity contribution in [2.24, 2.45) is 0 Å². The van der Waals surface area contributed by atoms with Gasteiger partial charge in [-0.1, -0.05) is 0 Å². The van der Waals surface area contributed by atoms with E-state index < -0.39 is 0 Å². The molecule has 5 nitrogen and oxygen atoms in total. The second kappa shape index (κ2) is 4.38. The molecule has 0 spiro atoms. The van der Waals surface area contributed by atoms with Crippen molar-refractivity contribution in [3.8, 4) is 0 Å². The molecule has 0 aromatic carbocycles. The van der Waals surface area contributed by atoms with E-state index in [1.54, 1.807) is 0 Å². The number of aromatic nitrogens is 4. The van der Waals surface area contributed by atoms with Gasteiger partial charge in [0.2, 0.25) is 5.95 Å². The number of anilines is 1. The number of aryl methyl sites for hydroxylation is 2. The number of hydrogen-bond acceptors (Lipinski definition) is 3. The summed E-state index contributed by atoms with van der Waals surface area (Å²) in [7, 11) is 0. The van der Waals surface area contributed by atoms with Crippen molar-refractivity contribution in [2.45, 2.75) is 27.3 Å². The third kappa shape index (κ3) is 2.08. The smallest absolute Gasteiger partial charge is 0.203 e. The zero-order valence-electron chi connectivity index (χ0n) is 9.91. The van der Waals surface area contributed by atoms with E-state index in [4.69, 9.17) is 0 Å². The molecule has 0 saturated carbocycles. The van der Waals surface area contributed by atoms with Gasteiger partial charge in [-0.15, -0.1) is 0 Å². The van der Waals surface area contributed by atoms with Crippen molar-refractivity contribution in [3.63, 3.8) is 0 Å². The molecule has 2 N–H and O–H groups in total. The van der Waals surface area contributed by atoms with Gasteiger partial charge >= 0.3 is 0 Å². The summed E-state index contributed by atoms with van der Waals surface area (Å²) in [5.41, 5.74) is 3.32. The van der Waals surface area contributed by atoms with E-state index in [2.05, 4.69) is 32.0 Å². The second-order valence-corrected chi connectivity index (χ2v) is 3.88. The Morgan fingerprint density at radius 3 is 2.88 bits per heavy atom. The maximum absolute atomic E-state index is 4.43. The first-order valence-corrected chi connectivity index (χ1v) is 5.47. The van der Waals surface area contributed by atoms with E-state index in [1.807, 2.05) is 26.2 Å². The van der Waals surface area contributed by atoms with Gasteiger partial charge in [0.15, 0.2) is 0 Å². The number of aromatic amines is 1. The fourth-order valence-electron chi connectivity index (χ4n) is 1.69. The van der Waals surface area contributed by atoms with Crippen molar-refractivity contribution in [1.29, 1.82) is 0 Å². The van der Waals surface area contributed by atoms with Gasteiger partial charge < -0.3 is 9.88 Å². The van der Waals surface area contributed by atoms with Crippen LogP contribution >= 0.6 is 0 Å². The Bertz CT molecular complexity index is 468. The molecule has 0 amide bonds. The van der Waals surface area contributed by atoms with E-state index in [0.29, 0.717) is 0 Å². The molecular weight excluding hydrogens is 202 g/mol. The molecule has 0 unspecified atom stereocenters. The van der Waals surface area contributed by atoms with Crippen LogP contribution in [0.15, 0.2) is 12.4 Å². The van der Waals surface area contributed by atoms with Crippen molar-refractivity contribution in [3.05, 3.63) is 29.3 Å². The normalized spacial score (nSPS) is 10.7. The van der Waals surface area contributed by atoms with Crippen LogP contribution in [0.4, 0.5) is 5.95 Å². The van der Waals surface area contributed by atoms with Gasteiger partial charge in [-0.05, 0) is 20.8 Å². The monoisotopic (exact) mass is 219 g/mol. The van der Waals surface area contributed by atoms with Crippen LogP contribution in [-0.4, -0.2) is 26.3 Å². The topological polar surface area (TPSA) is 58.5 Å². The first kappa shape index (κ1) is 10.7. The SMILES string of the molecule is CCNc1nc(C)cn1Cc1cn[nH]c1C. The van der Waals surface area contributed by atoms with Gasteiger partial charge in [0.05, 0.1) is 18.4 Å². The highest BCUT2D eigenvalue weighted by Gasteiger charge is 2.07.